The van der Waals surface area contributed by atoms with E-state index in [1.54, 1.807) is 30.5 Å². The Morgan fingerprint density at radius 2 is 1.97 bits per heavy atom. The van der Waals surface area contributed by atoms with Crippen LogP contribution >= 0.6 is 23.2 Å². The average molecular weight is 594 g/mol. The van der Waals surface area contributed by atoms with Crippen LogP contribution in [0.4, 0.5) is 17.5 Å². The summed E-state index contributed by atoms with van der Waals surface area (Å²) < 4.78 is 48.6. The van der Waals surface area contributed by atoms with Crippen molar-refractivity contribution in [3.05, 3.63) is 64.3 Å². The van der Waals surface area contributed by atoms with E-state index in [1.807, 2.05) is 0 Å². The number of anilines is 3. The van der Waals surface area contributed by atoms with Crippen molar-refractivity contribution < 1.29 is 12.6 Å². The van der Waals surface area contributed by atoms with Gasteiger partial charge in [0.1, 0.15) is 10.7 Å². The molecule has 0 saturated heterocycles. The highest BCUT2D eigenvalue weighted by Gasteiger charge is 2.18. The zero-order chi connectivity index (χ0) is 27.2. The van der Waals surface area contributed by atoms with Crippen LogP contribution in [0.15, 0.2) is 58.5 Å². The van der Waals surface area contributed by atoms with E-state index in [-0.39, 0.29) is 27.2 Å². The van der Waals surface area contributed by atoms with Crippen molar-refractivity contribution in [3.63, 3.8) is 0 Å². The first-order valence-electron chi connectivity index (χ1n) is 11.8. The molecule has 1 unspecified atom stereocenters. The van der Waals surface area contributed by atoms with Crippen molar-refractivity contribution in [2.75, 3.05) is 29.5 Å². The Bertz CT molecular complexity index is 1600. The fraction of sp³-hybridized carbons (Fsp3) is 0.280. The summed E-state index contributed by atoms with van der Waals surface area (Å²) in [6.07, 6.45) is 3.88. The molecule has 4 rings (SSSR count). The monoisotopic (exact) mass is 592 g/mol. The fourth-order valence-electron chi connectivity index (χ4n) is 3.64. The summed E-state index contributed by atoms with van der Waals surface area (Å²) in [6, 6.07) is 11.4. The Balaban J connectivity index is 1.41. The highest BCUT2D eigenvalue weighted by molar-refractivity contribution is 7.92. The van der Waals surface area contributed by atoms with Gasteiger partial charge in [-0.05, 0) is 49.6 Å². The van der Waals surface area contributed by atoms with Crippen LogP contribution in [0.3, 0.4) is 0 Å². The molecule has 1 aliphatic rings. The second-order valence-electron chi connectivity index (χ2n) is 8.48. The Labute approximate surface area is 232 Å². The summed E-state index contributed by atoms with van der Waals surface area (Å²) in [6.45, 7) is 0.759. The molecule has 0 radical (unpaired) electrons. The lowest BCUT2D eigenvalue weighted by Crippen LogP contribution is -2.25. The summed E-state index contributed by atoms with van der Waals surface area (Å²) in [5.41, 5.74) is 1.25. The lowest BCUT2D eigenvalue weighted by atomic mass is 10.2. The van der Waals surface area contributed by atoms with E-state index < -0.39 is 19.8 Å². The van der Waals surface area contributed by atoms with Gasteiger partial charge in [-0.15, -0.1) is 0 Å². The Hall–Kier alpha value is -2.88. The lowest BCUT2D eigenvalue weighted by molar-refractivity contribution is 0.579. The molecule has 9 nitrogen and oxygen atoms in total. The van der Waals surface area contributed by atoms with Gasteiger partial charge < -0.3 is 10.6 Å². The van der Waals surface area contributed by atoms with Crippen LogP contribution in [0.1, 0.15) is 31.2 Å². The topological polar surface area (TPSA) is 137 Å². The van der Waals surface area contributed by atoms with E-state index in [0.29, 0.717) is 60.1 Å². The molecular weight excluding hydrogens is 567 g/mol. The summed E-state index contributed by atoms with van der Waals surface area (Å²) in [5, 5.41) is 6.53. The van der Waals surface area contributed by atoms with Crippen molar-refractivity contribution in [2.45, 2.75) is 35.5 Å². The van der Waals surface area contributed by atoms with Crippen LogP contribution in [-0.4, -0.2) is 41.4 Å². The van der Waals surface area contributed by atoms with E-state index in [0.717, 1.165) is 0 Å². The highest BCUT2D eigenvalue weighted by Crippen LogP contribution is 2.28. The number of unbranched alkanes of at least 4 members (excludes halogenated alkanes) is 1. The SMILES string of the molecule is N=S1(=O)CCCCNc2nc(ncc2C#CCCCNS(=O)(=O)c2cccc(Cl)c2Cl)Nc2cccc1c2. The Morgan fingerprint density at radius 1 is 1.16 bits per heavy atom. The molecular formula is C25H26Cl2N6O3S2. The number of nitrogens with one attached hydrogen (secondary N) is 4. The van der Waals surface area contributed by atoms with Gasteiger partial charge >= 0.3 is 0 Å². The van der Waals surface area contributed by atoms with Gasteiger partial charge in [-0.2, -0.15) is 4.98 Å². The summed E-state index contributed by atoms with van der Waals surface area (Å²) >= 11 is 12.0. The van der Waals surface area contributed by atoms with E-state index >= 15 is 0 Å². The van der Waals surface area contributed by atoms with Gasteiger partial charge in [0.15, 0.2) is 0 Å². The Morgan fingerprint density at radius 3 is 2.82 bits per heavy atom. The number of fused-ring (bicyclic) bond motifs is 4. The van der Waals surface area contributed by atoms with Crippen molar-refractivity contribution >= 4 is 60.4 Å². The molecule has 2 aromatic carbocycles. The number of hydrogen-bond acceptors (Lipinski definition) is 8. The molecule has 0 spiro atoms. The van der Waals surface area contributed by atoms with Gasteiger partial charge in [0.2, 0.25) is 16.0 Å². The van der Waals surface area contributed by atoms with Crippen molar-refractivity contribution in [1.29, 1.82) is 4.78 Å². The van der Waals surface area contributed by atoms with Gasteiger partial charge in [0, 0.05) is 35.8 Å². The van der Waals surface area contributed by atoms with Crippen LogP contribution in [-0.2, 0) is 19.8 Å². The third kappa shape index (κ3) is 7.15. The number of rotatable bonds is 5. The third-order valence-electron chi connectivity index (χ3n) is 5.61. The fourth-order valence-corrected chi connectivity index (χ4v) is 6.94. The van der Waals surface area contributed by atoms with Crippen LogP contribution < -0.4 is 15.4 Å². The minimum Gasteiger partial charge on any atom is -0.369 e. The molecule has 13 heteroatoms. The van der Waals surface area contributed by atoms with Crippen LogP contribution in [0.25, 0.3) is 0 Å². The van der Waals surface area contributed by atoms with Crippen molar-refractivity contribution in [2.24, 2.45) is 0 Å². The molecule has 1 atom stereocenters. The maximum Gasteiger partial charge on any atom is 0.242 e. The zero-order valence-corrected chi connectivity index (χ0v) is 23.4. The molecule has 0 fully saturated rings. The number of nitrogens with zero attached hydrogens (tertiary/aromatic N) is 2. The highest BCUT2D eigenvalue weighted by atomic mass is 35.5. The summed E-state index contributed by atoms with van der Waals surface area (Å²) in [7, 11) is -6.67. The van der Waals surface area contributed by atoms with Crippen LogP contribution in [0.5, 0.6) is 0 Å². The first-order valence-corrected chi connectivity index (χ1v) is 15.8. The van der Waals surface area contributed by atoms with E-state index in [9.17, 15) is 12.6 Å². The smallest absolute Gasteiger partial charge is 0.242 e. The van der Waals surface area contributed by atoms with E-state index in [4.69, 9.17) is 28.0 Å². The number of hydrogen-bond donors (Lipinski definition) is 4. The molecule has 0 aliphatic carbocycles. The molecule has 0 amide bonds. The first-order chi connectivity index (χ1) is 18.2. The molecule has 1 aliphatic heterocycles. The minimum absolute atomic E-state index is 0.0120. The molecule has 4 N–H and O–H groups in total. The molecule has 2 heterocycles. The van der Waals surface area contributed by atoms with E-state index in [1.165, 1.54) is 18.2 Å². The van der Waals surface area contributed by atoms with Gasteiger partial charge in [-0.1, -0.05) is 47.2 Å². The largest absolute Gasteiger partial charge is 0.369 e. The second kappa shape index (κ2) is 12.3. The summed E-state index contributed by atoms with van der Waals surface area (Å²) in [5.74, 6) is 7.29. The van der Waals surface area contributed by atoms with Crippen molar-refractivity contribution in [3.8, 4) is 11.8 Å². The van der Waals surface area contributed by atoms with E-state index in [2.05, 4.69) is 37.2 Å². The average Bonchev–Trinajstić information content (AvgIpc) is 2.88. The summed E-state index contributed by atoms with van der Waals surface area (Å²) in [4.78, 5) is 9.32. The number of sulfonamides is 1. The molecule has 3 aromatic rings. The predicted molar refractivity (Wildman–Crippen MR) is 151 cm³/mol. The molecule has 4 bridgehead atoms. The Kier molecular flexibility index (Phi) is 9.12. The predicted octanol–water partition coefficient (Wildman–Crippen LogP) is 5.25. The first kappa shape index (κ1) is 28.1. The van der Waals surface area contributed by atoms with Gasteiger partial charge in [-0.25, -0.2) is 27.1 Å². The van der Waals surface area contributed by atoms with Gasteiger partial charge in [-0.3, -0.25) is 0 Å². The maximum atomic E-state index is 12.8. The molecule has 38 heavy (non-hydrogen) atoms. The van der Waals surface area contributed by atoms with Crippen LogP contribution in [0, 0.1) is 16.6 Å². The van der Waals surface area contributed by atoms with Crippen molar-refractivity contribution in [1.82, 2.24) is 14.7 Å². The van der Waals surface area contributed by atoms with Gasteiger partial charge in [0.05, 0.1) is 31.5 Å². The van der Waals surface area contributed by atoms with Crippen LogP contribution in [0.2, 0.25) is 10.0 Å². The molecule has 200 valence electrons. The quantitative estimate of drug-likeness (QED) is 0.234. The maximum absolute atomic E-state index is 12.8. The number of benzene rings is 2. The third-order valence-corrected chi connectivity index (χ3v) is 9.92. The standard InChI is InChI=1S/C25H26Cl2N6O3S2/c26-21-11-7-12-22(23(21)27)38(35,36)31-14-3-1-2-8-18-17-30-25-32-19-9-6-10-20(16-19)37(28,34)15-5-4-13-29-24(18)33-25/h6-7,9-12,16-17,28,31H,1,3-5,13-15H2,(H2,29,30,32,33). The minimum atomic E-state index is -3.79. The molecule has 1 aromatic heterocycles. The number of aromatic nitrogens is 2. The molecule has 0 saturated carbocycles. The number of halogens is 2. The normalized spacial score (nSPS) is 17.4. The van der Waals surface area contributed by atoms with Gasteiger partial charge in [0.25, 0.3) is 0 Å². The zero-order valence-electron chi connectivity index (χ0n) is 20.3. The second-order valence-corrected chi connectivity index (χ2v) is 13.2. The lowest BCUT2D eigenvalue weighted by Gasteiger charge is -2.10.